The largest absolute Gasteiger partial charge is 0.508 e. The van der Waals surface area contributed by atoms with Crippen LogP contribution in [0.3, 0.4) is 0 Å². The Hall–Kier alpha value is -1.42. The molecule has 1 rings (SSSR count). The highest BCUT2D eigenvalue weighted by molar-refractivity contribution is 5.45. The highest BCUT2D eigenvalue weighted by Gasteiger charge is 2.14. The van der Waals surface area contributed by atoms with Gasteiger partial charge in [-0.1, -0.05) is 0 Å². The van der Waals surface area contributed by atoms with Gasteiger partial charge < -0.3 is 33.1 Å². The predicted molar refractivity (Wildman–Crippen MR) is 96.5 cm³/mol. The van der Waals surface area contributed by atoms with Crippen molar-refractivity contribution in [3.63, 3.8) is 0 Å². The third-order valence-corrected chi connectivity index (χ3v) is 3.85. The van der Waals surface area contributed by atoms with Crippen LogP contribution in [0.25, 0.3) is 0 Å². The van der Waals surface area contributed by atoms with E-state index in [1.807, 2.05) is 9.80 Å². The number of phenols is 2. The number of rotatable bonds is 12. The standard InChI is InChI=1S/C16H32N6O2/c17-1-5-21(6-2-18)11-13-9-16(24)14(10-15(13)23)12-22(7-3-19)8-4-20/h9-10,23-24H,1-8,11-12,17-20H2. The topological polar surface area (TPSA) is 151 Å². The van der Waals surface area contributed by atoms with Gasteiger partial charge in [-0.3, -0.25) is 9.80 Å². The molecule has 8 heteroatoms. The van der Waals surface area contributed by atoms with E-state index >= 15 is 0 Å². The Bertz CT molecular complexity index is 430. The Morgan fingerprint density at radius 3 is 1.17 bits per heavy atom. The Morgan fingerprint density at radius 1 is 0.625 bits per heavy atom. The predicted octanol–water partition coefficient (Wildman–Crippen LogP) is -1.46. The highest BCUT2D eigenvalue weighted by atomic mass is 16.3. The second-order valence-corrected chi connectivity index (χ2v) is 5.82. The molecule has 0 saturated heterocycles. The quantitative estimate of drug-likeness (QED) is 0.253. The number of nitrogens with zero attached hydrogens (tertiary/aromatic N) is 2. The van der Waals surface area contributed by atoms with Crippen LogP contribution in [0.2, 0.25) is 0 Å². The van der Waals surface area contributed by atoms with E-state index in [0.29, 0.717) is 76.6 Å². The van der Waals surface area contributed by atoms with Crippen LogP contribution in [0.5, 0.6) is 11.5 Å². The van der Waals surface area contributed by atoms with Crippen LogP contribution < -0.4 is 22.9 Å². The summed E-state index contributed by atoms with van der Waals surface area (Å²) in [6.45, 7) is 5.75. The normalized spacial score (nSPS) is 11.6. The van der Waals surface area contributed by atoms with Crippen LogP contribution in [0.15, 0.2) is 12.1 Å². The lowest BCUT2D eigenvalue weighted by atomic mass is 10.1. The molecule has 0 aliphatic rings. The third kappa shape index (κ3) is 6.60. The highest BCUT2D eigenvalue weighted by Crippen LogP contribution is 2.29. The fourth-order valence-corrected chi connectivity index (χ4v) is 2.67. The molecule has 0 unspecified atom stereocenters. The molecule has 0 amide bonds. The third-order valence-electron chi connectivity index (χ3n) is 3.85. The van der Waals surface area contributed by atoms with Gasteiger partial charge in [0.1, 0.15) is 11.5 Å². The molecule has 0 aliphatic carbocycles. The summed E-state index contributed by atoms with van der Waals surface area (Å²) in [6, 6.07) is 3.21. The first-order valence-corrected chi connectivity index (χ1v) is 8.34. The van der Waals surface area contributed by atoms with Crippen LogP contribution in [-0.4, -0.2) is 72.4 Å². The van der Waals surface area contributed by atoms with E-state index in [4.69, 9.17) is 22.9 Å². The maximum atomic E-state index is 10.3. The van der Waals surface area contributed by atoms with E-state index in [1.165, 1.54) is 0 Å². The van der Waals surface area contributed by atoms with Gasteiger partial charge in [-0.15, -0.1) is 0 Å². The molecular formula is C16H32N6O2. The fourth-order valence-electron chi connectivity index (χ4n) is 2.67. The monoisotopic (exact) mass is 340 g/mol. The maximum Gasteiger partial charge on any atom is 0.120 e. The van der Waals surface area contributed by atoms with E-state index in [-0.39, 0.29) is 11.5 Å². The van der Waals surface area contributed by atoms with Gasteiger partial charge in [-0.2, -0.15) is 0 Å². The summed E-state index contributed by atoms with van der Waals surface area (Å²) >= 11 is 0. The van der Waals surface area contributed by atoms with E-state index in [2.05, 4.69) is 0 Å². The Morgan fingerprint density at radius 2 is 0.917 bits per heavy atom. The molecule has 0 spiro atoms. The molecule has 138 valence electrons. The Balaban J connectivity index is 2.87. The average Bonchev–Trinajstić information content (AvgIpc) is 2.53. The smallest absolute Gasteiger partial charge is 0.120 e. The number of benzene rings is 1. The van der Waals surface area contributed by atoms with Gasteiger partial charge in [0.25, 0.3) is 0 Å². The molecule has 0 heterocycles. The van der Waals surface area contributed by atoms with Crippen molar-refractivity contribution >= 4 is 0 Å². The van der Waals surface area contributed by atoms with Crippen LogP contribution in [0.4, 0.5) is 0 Å². The number of nitrogens with two attached hydrogens (primary N) is 4. The molecule has 0 fully saturated rings. The molecule has 8 nitrogen and oxygen atoms in total. The van der Waals surface area contributed by atoms with Gasteiger partial charge in [-0.05, 0) is 12.1 Å². The van der Waals surface area contributed by atoms with Gasteiger partial charge in [-0.25, -0.2) is 0 Å². The molecule has 0 radical (unpaired) electrons. The van der Waals surface area contributed by atoms with E-state index in [0.717, 1.165) is 0 Å². The zero-order valence-electron chi connectivity index (χ0n) is 14.3. The molecule has 1 aromatic rings. The SMILES string of the molecule is NCCN(CCN)Cc1cc(O)c(CN(CCN)CCN)cc1O. The molecule has 0 bridgehead atoms. The Labute approximate surface area is 144 Å². The van der Waals surface area contributed by atoms with E-state index in [1.54, 1.807) is 12.1 Å². The first kappa shape index (κ1) is 20.6. The van der Waals surface area contributed by atoms with Crippen molar-refractivity contribution in [2.45, 2.75) is 13.1 Å². The summed E-state index contributed by atoms with van der Waals surface area (Å²) in [4.78, 5) is 4.09. The lowest BCUT2D eigenvalue weighted by Gasteiger charge is -2.23. The molecule has 1 aromatic carbocycles. The lowest BCUT2D eigenvalue weighted by molar-refractivity contribution is 0.271. The summed E-state index contributed by atoms with van der Waals surface area (Å²) in [5.74, 6) is 0.310. The number of hydrogen-bond donors (Lipinski definition) is 6. The lowest BCUT2D eigenvalue weighted by Crippen LogP contribution is -2.34. The summed E-state index contributed by atoms with van der Waals surface area (Å²) in [6.07, 6.45) is 0. The van der Waals surface area contributed by atoms with Crippen molar-refractivity contribution in [1.29, 1.82) is 0 Å². The first-order valence-electron chi connectivity index (χ1n) is 8.34. The maximum absolute atomic E-state index is 10.3. The molecular weight excluding hydrogens is 308 g/mol. The Kier molecular flexibility index (Phi) is 9.62. The molecule has 0 aromatic heterocycles. The number of aromatic hydroxyl groups is 2. The van der Waals surface area contributed by atoms with Crippen molar-refractivity contribution in [3.8, 4) is 11.5 Å². The zero-order valence-corrected chi connectivity index (χ0v) is 14.3. The van der Waals surface area contributed by atoms with Gasteiger partial charge in [0, 0.05) is 76.6 Å². The number of phenolic OH excluding ortho intramolecular Hbond substituents is 2. The van der Waals surface area contributed by atoms with Crippen LogP contribution in [0.1, 0.15) is 11.1 Å². The minimum atomic E-state index is 0.155. The second-order valence-electron chi connectivity index (χ2n) is 5.82. The fraction of sp³-hybridized carbons (Fsp3) is 0.625. The van der Waals surface area contributed by atoms with E-state index in [9.17, 15) is 10.2 Å². The number of hydrogen-bond acceptors (Lipinski definition) is 8. The van der Waals surface area contributed by atoms with Gasteiger partial charge in [0.2, 0.25) is 0 Å². The van der Waals surface area contributed by atoms with E-state index < -0.39 is 0 Å². The molecule has 0 atom stereocenters. The van der Waals surface area contributed by atoms with Crippen LogP contribution in [0, 0.1) is 0 Å². The van der Waals surface area contributed by atoms with Crippen LogP contribution in [-0.2, 0) is 13.1 Å². The van der Waals surface area contributed by atoms with Gasteiger partial charge in [0.05, 0.1) is 0 Å². The van der Waals surface area contributed by atoms with Crippen LogP contribution >= 0.6 is 0 Å². The first-order chi connectivity index (χ1) is 11.5. The van der Waals surface area contributed by atoms with Crippen molar-refractivity contribution in [3.05, 3.63) is 23.3 Å². The minimum Gasteiger partial charge on any atom is -0.508 e. The molecule has 10 N–H and O–H groups in total. The van der Waals surface area contributed by atoms with Crippen molar-refractivity contribution in [2.75, 3.05) is 52.4 Å². The molecule has 0 saturated carbocycles. The average molecular weight is 340 g/mol. The summed E-state index contributed by atoms with van der Waals surface area (Å²) in [7, 11) is 0. The van der Waals surface area contributed by atoms with Crippen molar-refractivity contribution in [1.82, 2.24) is 9.80 Å². The summed E-state index contributed by atoms with van der Waals surface area (Å²) in [5.41, 5.74) is 23.7. The second kappa shape index (κ2) is 11.2. The molecule has 0 aliphatic heterocycles. The summed E-state index contributed by atoms with van der Waals surface area (Å²) < 4.78 is 0. The molecule has 24 heavy (non-hydrogen) atoms. The van der Waals surface area contributed by atoms with Crippen molar-refractivity contribution < 1.29 is 10.2 Å². The minimum absolute atomic E-state index is 0.155. The summed E-state index contributed by atoms with van der Waals surface area (Å²) in [5, 5.41) is 20.6. The van der Waals surface area contributed by atoms with Gasteiger partial charge in [0.15, 0.2) is 0 Å². The zero-order chi connectivity index (χ0) is 17.9. The van der Waals surface area contributed by atoms with Crippen molar-refractivity contribution in [2.24, 2.45) is 22.9 Å². The van der Waals surface area contributed by atoms with Gasteiger partial charge >= 0.3 is 0 Å².